The number of rotatable bonds is 5. The SMILES string of the molecule is CCNc1cc([N+](=O)[O-])cc(Nc2cccc(F)c2F)n1. The molecule has 0 spiro atoms. The van der Waals surface area contributed by atoms with Gasteiger partial charge in [0.1, 0.15) is 11.6 Å². The average molecular weight is 294 g/mol. The summed E-state index contributed by atoms with van der Waals surface area (Å²) in [6, 6.07) is 6.02. The first-order chi connectivity index (χ1) is 10.0. The molecule has 0 atom stereocenters. The van der Waals surface area contributed by atoms with Gasteiger partial charge < -0.3 is 10.6 Å². The molecule has 0 fully saturated rings. The summed E-state index contributed by atoms with van der Waals surface area (Å²) in [7, 11) is 0. The zero-order valence-electron chi connectivity index (χ0n) is 11.1. The number of hydrogen-bond donors (Lipinski definition) is 2. The van der Waals surface area contributed by atoms with Crippen LogP contribution in [0.1, 0.15) is 6.92 Å². The minimum atomic E-state index is -1.07. The Balaban J connectivity index is 2.38. The number of nitro groups is 1. The van der Waals surface area contributed by atoms with E-state index < -0.39 is 16.6 Å². The van der Waals surface area contributed by atoms with Crippen LogP contribution < -0.4 is 10.6 Å². The van der Waals surface area contributed by atoms with E-state index in [1.165, 1.54) is 18.2 Å². The van der Waals surface area contributed by atoms with Crippen LogP contribution in [0.25, 0.3) is 0 Å². The highest BCUT2D eigenvalue weighted by atomic mass is 19.2. The summed E-state index contributed by atoms with van der Waals surface area (Å²) in [4.78, 5) is 14.3. The summed E-state index contributed by atoms with van der Waals surface area (Å²) in [5.41, 5.74) is -0.356. The van der Waals surface area contributed by atoms with E-state index in [1.54, 1.807) is 6.92 Å². The molecular formula is C13H12F2N4O2. The molecule has 6 nitrogen and oxygen atoms in total. The Bertz CT molecular complexity index is 679. The lowest BCUT2D eigenvalue weighted by Crippen LogP contribution is -2.04. The number of pyridine rings is 1. The minimum Gasteiger partial charge on any atom is -0.370 e. The maximum atomic E-state index is 13.6. The third-order valence-electron chi connectivity index (χ3n) is 2.59. The van der Waals surface area contributed by atoms with Gasteiger partial charge in [0, 0.05) is 6.54 Å². The molecule has 0 saturated carbocycles. The molecule has 2 aromatic rings. The predicted octanol–water partition coefficient (Wildman–Crippen LogP) is 3.44. The van der Waals surface area contributed by atoms with Crippen molar-refractivity contribution in [3.63, 3.8) is 0 Å². The molecule has 0 bridgehead atoms. The Labute approximate surface area is 119 Å². The molecule has 2 N–H and O–H groups in total. The molecule has 2 rings (SSSR count). The normalized spacial score (nSPS) is 10.2. The van der Waals surface area contributed by atoms with Crippen molar-refractivity contribution in [2.24, 2.45) is 0 Å². The van der Waals surface area contributed by atoms with Gasteiger partial charge in [-0.2, -0.15) is 0 Å². The Morgan fingerprint density at radius 3 is 2.67 bits per heavy atom. The molecule has 110 valence electrons. The third-order valence-corrected chi connectivity index (χ3v) is 2.59. The summed E-state index contributed by atoms with van der Waals surface area (Å²) in [6.07, 6.45) is 0. The van der Waals surface area contributed by atoms with E-state index in [0.717, 1.165) is 12.1 Å². The van der Waals surface area contributed by atoms with Gasteiger partial charge in [-0.25, -0.2) is 13.8 Å². The molecule has 0 radical (unpaired) electrons. The maximum absolute atomic E-state index is 13.6. The lowest BCUT2D eigenvalue weighted by Gasteiger charge is -2.09. The number of hydrogen-bond acceptors (Lipinski definition) is 5. The van der Waals surface area contributed by atoms with Gasteiger partial charge in [-0.3, -0.25) is 10.1 Å². The second-order valence-corrected chi connectivity index (χ2v) is 4.11. The van der Waals surface area contributed by atoms with Crippen molar-refractivity contribution in [2.45, 2.75) is 6.92 Å². The molecule has 0 aliphatic heterocycles. The topological polar surface area (TPSA) is 80.1 Å². The summed E-state index contributed by atoms with van der Waals surface area (Å²) in [6.45, 7) is 2.32. The molecular weight excluding hydrogens is 282 g/mol. The van der Waals surface area contributed by atoms with E-state index in [4.69, 9.17) is 0 Å². The average Bonchev–Trinajstić information content (AvgIpc) is 2.44. The largest absolute Gasteiger partial charge is 0.370 e. The van der Waals surface area contributed by atoms with E-state index in [0.29, 0.717) is 6.54 Å². The van der Waals surface area contributed by atoms with Gasteiger partial charge in [-0.1, -0.05) is 6.07 Å². The highest BCUT2D eigenvalue weighted by Crippen LogP contribution is 2.25. The van der Waals surface area contributed by atoms with Crippen molar-refractivity contribution >= 4 is 23.0 Å². The molecule has 1 heterocycles. The number of nitrogens with one attached hydrogen (secondary N) is 2. The first-order valence-electron chi connectivity index (χ1n) is 6.12. The fourth-order valence-electron chi connectivity index (χ4n) is 1.70. The Hall–Kier alpha value is -2.77. The standard InChI is InChI=1S/C13H12F2N4O2/c1-2-16-11-6-8(19(20)21)7-12(18-11)17-10-5-3-4-9(14)13(10)15/h3-7H,2H2,1H3,(H2,16,17,18). The van der Waals surface area contributed by atoms with Crippen LogP contribution in [0.2, 0.25) is 0 Å². The van der Waals surface area contributed by atoms with Gasteiger partial charge in [-0.05, 0) is 19.1 Å². The van der Waals surface area contributed by atoms with Crippen molar-refractivity contribution in [2.75, 3.05) is 17.2 Å². The molecule has 0 unspecified atom stereocenters. The van der Waals surface area contributed by atoms with Gasteiger partial charge in [0.05, 0.1) is 22.7 Å². The van der Waals surface area contributed by atoms with Crippen LogP contribution in [0.5, 0.6) is 0 Å². The van der Waals surface area contributed by atoms with Crippen molar-refractivity contribution in [3.05, 3.63) is 52.1 Å². The van der Waals surface area contributed by atoms with Crippen molar-refractivity contribution in [1.82, 2.24) is 4.98 Å². The number of aromatic nitrogens is 1. The van der Waals surface area contributed by atoms with E-state index in [9.17, 15) is 18.9 Å². The number of nitrogens with zero attached hydrogens (tertiary/aromatic N) is 2. The van der Waals surface area contributed by atoms with E-state index >= 15 is 0 Å². The van der Waals surface area contributed by atoms with Gasteiger partial charge in [0.25, 0.3) is 5.69 Å². The maximum Gasteiger partial charge on any atom is 0.276 e. The van der Waals surface area contributed by atoms with Gasteiger partial charge >= 0.3 is 0 Å². The molecule has 0 aliphatic rings. The Kier molecular flexibility index (Phi) is 4.27. The first kappa shape index (κ1) is 14.6. The van der Waals surface area contributed by atoms with Crippen LogP contribution in [-0.4, -0.2) is 16.5 Å². The van der Waals surface area contributed by atoms with E-state index in [2.05, 4.69) is 15.6 Å². The number of anilines is 3. The van der Waals surface area contributed by atoms with Crippen LogP contribution in [-0.2, 0) is 0 Å². The fraction of sp³-hybridized carbons (Fsp3) is 0.154. The molecule has 0 amide bonds. The van der Waals surface area contributed by atoms with Crippen LogP contribution in [0.4, 0.5) is 31.8 Å². The summed E-state index contributed by atoms with van der Waals surface area (Å²) < 4.78 is 26.7. The summed E-state index contributed by atoms with van der Waals surface area (Å²) >= 11 is 0. The molecule has 21 heavy (non-hydrogen) atoms. The Morgan fingerprint density at radius 2 is 2.00 bits per heavy atom. The number of benzene rings is 1. The zero-order valence-corrected chi connectivity index (χ0v) is 11.1. The van der Waals surface area contributed by atoms with Gasteiger partial charge in [-0.15, -0.1) is 0 Å². The van der Waals surface area contributed by atoms with Gasteiger partial charge in [0.15, 0.2) is 11.6 Å². The Morgan fingerprint density at radius 1 is 1.29 bits per heavy atom. The molecule has 1 aromatic carbocycles. The smallest absolute Gasteiger partial charge is 0.276 e. The van der Waals surface area contributed by atoms with Crippen molar-refractivity contribution in [1.29, 1.82) is 0 Å². The highest BCUT2D eigenvalue weighted by Gasteiger charge is 2.13. The van der Waals surface area contributed by atoms with Crippen LogP contribution in [0.3, 0.4) is 0 Å². The lowest BCUT2D eigenvalue weighted by molar-refractivity contribution is -0.384. The molecule has 0 saturated heterocycles. The molecule has 8 heteroatoms. The summed E-state index contributed by atoms with van der Waals surface area (Å²) in [5.74, 6) is -1.77. The first-order valence-corrected chi connectivity index (χ1v) is 6.12. The highest BCUT2D eigenvalue weighted by molar-refractivity contribution is 5.62. The van der Waals surface area contributed by atoms with Crippen LogP contribution in [0, 0.1) is 21.7 Å². The second-order valence-electron chi connectivity index (χ2n) is 4.11. The van der Waals surface area contributed by atoms with Crippen LogP contribution >= 0.6 is 0 Å². The quantitative estimate of drug-likeness (QED) is 0.652. The summed E-state index contributed by atoms with van der Waals surface area (Å²) in [5, 5.41) is 16.2. The second kappa shape index (κ2) is 6.12. The molecule has 0 aliphatic carbocycles. The zero-order chi connectivity index (χ0) is 15.4. The fourth-order valence-corrected chi connectivity index (χ4v) is 1.70. The monoisotopic (exact) mass is 294 g/mol. The van der Waals surface area contributed by atoms with Crippen molar-refractivity contribution in [3.8, 4) is 0 Å². The van der Waals surface area contributed by atoms with E-state index in [1.807, 2.05) is 0 Å². The van der Waals surface area contributed by atoms with Gasteiger partial charge in [0.2, 0.25) is 0 Å². The van der Waals surface area contributed by atoms with E-state index in [-0.39, 0.29) is 23.0 Å². The minimum absolute atomic E-state index is 0.0460. The predicted molar refractivity (Wildman–Crippen MR) is 74.7 cm³/mol. The lowest BCUT2D eigenvalue weighted by atomic mass is 10.3. The number of halogens is 2. The third kappa shape index (κ3) is 3.41. The van der Waals surface area contributed by atoms with Crippen molar-refractivity contribution < 1.29 is 13.7 Å². The molecule has 1 aromatic heterocycles. The van der Waals surface area contributed by atoms with Crippen LogP contribution in [0.15, 0.2) is 30.3 Å².